The maximum atomic E-state index is 13.9. The van der Waals surface area contributed by atoms with E-state index in [0.717, 1.165) is 18.2 Å². The SMILES string of the molecule is NC(=S)c1c(F)cccc1N(CC1CC1)C1CC1. The zero-order valence-corrected chi connectivity index (χ0v) is 11.0. The average Bonchev–Trinajstić information content (AvgIpc) is 3.17. The van der Waals surface area contributed by atoms with Crippen molar-refractivity contribution < 1.29 is 4.39 Å². The van der Waals surface area contributed by atoms with Crippen molar-refractivity contribution in [2.24, 2.45) is 11.7 Å². The van der Waals surface area contributed by atoms with Gasteiger partial charge in [0.2, 0.25) is 0 Å². The third kappa shape index (κ3) is 2.34. The molecule has 1 aromatic carbocycles. The van der Waals surface area contributed by atoms with Crippen LogP contribution in [0.4, 0.5) is 10.1 Å². The minimum absolute atomic E-state index is 0.157. The van der Waals surface area contributed by atoms with Crippen LogP contribution in [0.1, 0.15) is 31.2 Å². The Kier molecular flexibility index (Phi) is 2.98. The number of benzene rings is 1. The van der Waals surface area contributed by atoms with Crippen molar-refractivity contribution in [1.82, 2.24) is 0 Å². The Balaban J connectivity index is 1.96. The Morgan fingerprint density at radius 1 is 1.33 bits per heavy atom. The summed E-state index contributed by atoms with van der Waals surface area (Å²) in [6, 6.07) is 5.67. The molecular formula is C14H17FN2S. The molecule has 4 heteroatoms. The van der Waals surface area contributed by atoms with Gasteiger partial charge >= 0.3 is 0 Å². The van der Waals surface area contributed by atoms with Crippen LogP contribution in [-0.2, 0) is 0 Å². The maximum absolute atomic E-state index is 13.9. The van der Waals surface area contributed by atoms with Crippen molar-refractivity contribution in [1.29, 1.82) is 0 Å². The molecule has 0 heterocycles. The first-order valence-electron chi connectivity index (χ1n) is 6.52. The van der Waals surface area contributed by atoms with Crippen LogP contribution in [0.25, 0.3) is 0 Å². The van der Waals surface area contributed by atoms with Crippen molar-refractivity contribution in [2.75, 3.05) is 11.4 Å². The fourth-order valence-corrected chi connectivity index (χ4v) is 2.61. The van der Waals surface area contributed by atoms with Crippen molar-refractivity contribution in [3.63, 3.8) is 0 Å². The number of nitrogens with two attached hydrogens (primary N) is 1. The van der Waals surface area contributed by atoms with Crippen molar-refractivity contribution in [2.45, 2.75) is 31.7 Å². The van der Waals surface area contributed by atoms with Gasteiger partial charge in [0.05, 0.1) is 11.3 Å². The molecule has 0 saturated heterocycles. The van der Waals surface area contributed by atoms with E-state index in [2.05, 4.69) is 4.90 Å². The van der Waals surface area contributed by atoms with Gasteiger partial charge in [-0.05, 0) is 43.7 Å². The van der Waals surface area contributed by atoms with E-state index in [0.29, 0.717) is 11.6 Å². The van der Waals surface area contributed by atoms with Crippen LogP contribution in [0.5, 0.6) is 0 Å². The van der Waals surface area contributed by atoms with Crippen LogP contribution in [0.3, 0.4) is 0 Å². The number of anilines is 1. The molecular weight excluding hydrogens is 247 g/mol. The van der Waals surface area contributed by atoms with Gasteiger partial charge in [0.25, 0.3) is 0 Å². The normalized spacial score (nSPS) is 18.7. The van der Waals surface area contributed by atoms with Gasteiger partial charge < -0.3 is 10.6 Å². The lowest BCUT2D eigenvalue weighted by molar-refractivity contribution is 0.622. The second kappa shape index (κ2) is 4.50. The molecule has 2 fully saturated rings. The van der Waals surface area contributed by atoms with E-state index in [1.54, 1.807) is 6.07 Å². The van der Waals surface area contributed by atoms with Gasteiger partial charge in [-0.1, -0.05) is 18.3 Å². The summed E-state index contributed by atoms with van der Waals surface area (Å²) < 4.78 is 13.9. The highest BCUT2D eigenvalue weighted by Gasteiger charge is 2.35. The van der Waals surface area contributed by atoms with E-state index in [1.165, 1.54) is 31.7 Å². The first kappa shape index (κ1) is 11.9. The lowest BCUT2D eigenvalue weighted by Crippen LogP contribution is -2.30. The molecule has 0 bridgehead atoms. The molecule has 2 N–H and O–H groups in total. The summed E-state index contributed by atoms with van der Waals surface area (Å²) in [7, 11) is 0. The number of hydrogen-bond acceptors (Lipinski definition) is 2. The van der Waals surface area contributed by atoms with E-state index in [9.17, 15) is 4.39 Å². The van der Waals surface area contributed by atoms with E-state index in [1.807, 2.05) is 6.07 Å². The van der Waals surface area contributed by atoms with Crippen LogP contribution in [0.2, 0.25) is 0 Å². The summed E-state index contributed by atoms with van der Waals surface area (Å²) in [6.07, 6.45) is 4.97. The second-order valence-electron chi connectivity index (χ2n) is 5.33. The molecule has 96 valence electrons. The van der Waals surface area contributed by atoms with Crippen molar-refractivity contribution in [3.05, 3.63) is 29.6 Å². The first-order chi connectivity index (χ1) is 8.66. The summed E-state index contributed by atoms with van der Waals surface area (Å²) in [5, 5.41) is 0. The second-order valence-corrected chi connectivity index (χ2v) is 5.76. The topological polar surface area (TPSA) is 29.3 Å². The van der Waals surface area contributed by atoms with Crippen LogP contribution >= 0.6 is 12.2 Å². The number of hydrogen-bond donors (Lipinski definition) is 1. The molecule has 3 rings (SSSR count). The lowest BCUT2D eigenvalue weighted by atomic mass is 10.1. The largest absolute Gasteiger partial charge is 0.389 e. The number of nitrogens with zero attached hydrogens (tertiary/aromatic N) is 1. The highest BCUT2D eigenvalue weighted by Crippen LogP contribution is 2.39. The van der Waals surface area contributed by atoms with Crippen LogP contribution in [0.15, 0.2) is 18.2 Å². The Morgan fingerprint density at radius 3 is 2.61 bits per heavy atom. The minimum atomic E-state index is -0.304. The Bertz CT molecular complexity index is 481. The van der Waals surface area contributed by atoms with E-state index >= 15 is 0 Å². The molecule has 0 spiro atoms. The minimum Gasteiger partial charge on any atom is -0.389 e. The average molecular weight is 264 g/mol. The van der Waals surface area contributed by atoms with Crippen LogP contribution in [-0.4, -0.2) is 17.6 Å². The smallest absolute Gasteiger partial charge is 0.135 e. The standard InChI is InChI=1S/C14H17FN2S/c15-11-2-1-3-12(13(11)14(16)18)17(10-6-7-10)8-9-4-5-9/h1-3,9-10H,4-8H2,(H2,16,18). The zero-order chi connectivity index (χ0) is 12.7. The third-order valence-electron chi connectivity index (χ3n) is 3.69. The first-order valence-corrected chi connectivity index (χ1v) is 6.92. The van der Waals surface area contributed by atoms with Gasteiger partial charge in [-0.3, -0.25) is 0 Å². The molecule has 2 nitrogen and oxygen atoms in total. The maximum Gasteiger partial charge on any atom is 0.135 e. The van der Waals surface area contributed by atoms with Gasteiger partial charge in [0.1, 0.15) is 10.8 Å². The predicted molar refractivity (Wildman–Crippen MR) is 75.4 cm³/mol. The fourth-order valence-electron chi connectivity index (χ4n) is 2.40. The molecule has 2 aliphatic rings. The number of thiocarbonyl (C=S) groups is 1. The molecule has 2 saturated carbocycles. The number of rotatable bonds is 5. The van der Waals surface area contributed by atoms with Crippen molar-refractivity contribution >= 4 is 22.9 Å². The molecule has 0 unspecified atom stereocenters. The molecule has 18 heavy (non-hydrogen) atoms. The van der Waals surface area contributed by atoms with E-state index < -0.39 is 0 Å². The van der Waals surface area contributed by atoms with Gasteiger partial charge in [-0.25, -0.2) is 4.39 Å². The van der Waals surface area contributed by atoms with Crippen molar-refractivity contribution in [3.8, 4) is 0 Å². The van der Waals surface area contributed by atoms with Crippen LogP contribution < -0.4 is 10.6 Å². The number of halogens is 1. The third-order valence-corrected chi connectivity index (χ3v) is 3.89. The fraction of sp³-hybridized carbons (Fsp3) is 0.500. The molecule has 0 amide bonds. The monoisotopic (exact) mass is 264 g/mol. The van der Waals surface area contributed by atoms with Gasteiger partial charge in [0.15, 0.2) is 0 Å². The highest BCUT2D eigenvalue weighted by molar-refractivity contribution is 7.80. The van der Waals surface area contributed by atoms with Gasteiger partial charge in [-0.15, -0.1) is 0 Å². The Labute approximate surface area is 112 Å². The summed E-state index contributed by atoms with van der Waals surface area (Å²) in [4.78, 5) is 2.47. The van der Waals surface area contributed by atoms with Crippen LogP contribution in [0, 0.1) is 11.7 Å². The van der Waals surface area contributed by atoms with Gasteiger partial charge in [0, 0.05) is 12.6 Å². The summed E-state index contributed by atoms with van der Waals surface area (Å²) in [6.45, 7) is 1.02. The molecule has 0 aromatic heterocycles. The Morgan fingerprint density at radius 2 is 2.06 bits per heavy atom. The quantitative estimate of drug-likeness (QED) is 0.829. The van der Waals surface area contributed by atoms with E-state index in [-0.39, 0.29) is 10.8 Å². The molecule has 0 radical (unpaired) electrons. The van der Waals surface area contributed by atoms with E-state index in [4.69, 9.17) is 18.0 Å². The zero-order valence-electron chi connectivity index (χ0n) is 10.2. The molecule has 2 aliphatic carbocycles. The Hall–Kier alpha value is -1.16. The molecule has 0 aliphatic heterocycles. The predicted octanol–water partition coefficient (Wildman–Crippen LogP) is 2.84. The van der Waals surface area contributed by atoms with Gasteiger partial charge in [-0.2, -0.15) is 0 Å². The molecule has 1 aromatic rings. The summed E-state index contributed by atoms with van der Waals surface area (Å²) >= 11 is 5.00. The molecule has 0 atom stereocenters. The summed E-state index contributed by atoms with van der Waals surface area (Å²) in [5.41, 5.74) is 6.99. The summed E-state index contributed by atoms with van der Waals surface area (Å²) in [5.74, 6) is 0.467. The highest BCUT2D eigenvalue weighted by atomic mass is 32.1. The lowest BCUT2D eigenvalue weighted by Gasteiger charge is -2.27.